The van der Waals surface area contributed by atoms with Crippen LogP contribution in [0.1, 0.15) is 41.6 Å². The first-order chi connectivity index (χ1) is 7.20. The van der Waals surface area contributed by atoms with Crippen molar-refractivity contribution in [2.45, 2.75) is 25.3 Å². The van der Waals surface area contributed by atoms with Gasteiger partial charge < -0.3 is 9.52 Å². The van der Waals surface area contributed by atoms with Crippen LogP contribution in [0, 0.1) is 0 Å². The quantitative estimate of drug-likeness (QED) is 0.801. The van der Waals surface area contributed by atoms with Gasteiger partial charge in [-0.15, -0.1) is 0 Å². The average molecular weight is 210 g/mol. The molecule has 1 aromatic rings. The van der Waals surface area contributed by atoms with Gasteiger partial charge in [0.1, 0.15) is 0 Å². The second kappa shape index (κ2) is 4.02. The molecule has 1 saturated heterocycles. The Labute approximate surface area is 87.7 Å². The number of hydrogen-bond acceptors (Lipinski definition) is 4. The molecule has 5 nitrogen and oxygen atoms in total. The summed E-state index contributed by atoms with van der Waals surface area (Å²) >= 11 is 0. The number of piperidine rings is 1. The van der Waals surface area contributed by atoms with Gasteiger partial charge in [0.05, 0.1) is 6.04 Å². The summed E-state index contributed by atoms with van der Waals surface area (Å²) in [5, 5.41) is 8.93. The van der Waals surface area contributed by atoms with E-state index in [4.69, 9.17) is 9.52 Å². The number of carbonyl (C=O) groups is 1. The van der Waals surface area contributed by atoms with Crippen molar-refractivity contribution in [1.29, 1.82) is 0 Å². The average Bonchev–Trinajstić information content (AvgIpc) is 2.67. The fourth-order valence-electron chi connectivity index (χ4n) is 2.06. The molecule has 82 valence electrons. The maximum atomic E-state index is 10.9. The van der Waals surface area contributed by atoms with Crippen molar-refractivity contribution < 1.29 is 14.3 Å². The van der Waals surface area contributed by atoms with Crippen LogP contribution >= 0.6 is 0 Å². The zero-order valence-electron chi connectivity index (χ0n) is 8.64. The molecule has 1 aromatic heterocycles. The first-order valence-corrected chi connectivity index (χ1v) is 5.07. The van der Waals surface area contributed by atoms with Crippen molar-refractivity contribution in [3.05, 3.63) is 17.8 Å². The lowest BCUT2D eigenvalue weighted by Crippen LogP contribution is -2.30. The number of hydrogen-bond donors (Lipinski definition) is 1. The standard InChI is InChI=1S/C10H14N2O3/c1-12-5-3-2-4-7(12)9-8(10(13)14)11-6-15-9/h6-7H,2-5H2,1H3,(H,13,14)/t7-/m0/s1. The minimum Gasteiger partial charge on any atom is -0.476 e. The third-order valence-corrected chi connectivity index (χ3v) is 2.87. The Morgan fingerprint density at radius 1 is 1.67 bits per heavy atom. The van der Waals surface area contributed by atoms with Crippen LogP contribution in [-0.4, -0.2) is 34.6 Å². The molecule has 0 bridgehead atoms. The van der Waals surface area contributed by atoms with E-state index in [-0.39, 0.29) is 11.7 Å². The van der Waals surface area contributed by atoms with E-state index in [1.54, 1.807) is 0 Å². The predicted octanol–water partition coefficient (Wildman–Crippen LogP) is 1.53. The molecule has 0 amide bonds. The summed E-state index contributed by atoms with van der Waals surface area (Å²) < 4.78 is 5.20. The van der Waals surface area contributed by atoms with Crippen LogP contribution in [0.15, 0.2) is 10.8 Å². The Morgan fingerprint density at radius 3 is 3.13 bits per heavy atom. The van der Waals surface area contributed by atoms with Gasteiger partial charge in [0.15, 0.2) is 17.8 Å². The topological polar surface area (TPSA) is 66.6 Å². The summed E-state index contributed by atoms with van der Waals surface area (Å²) in [5.41, 5.74) is 0.0498. The van der Waals surface area contributed by atoms with Crippen LogP contribution in [0.25, 0.3) is 0 Å². The fourth-order valence-corrected chi connectivity index (χ4v) is 2.06. The highest BCUT2D eigenvalue weighted by Crippen LogP contribution is 2.31. The molecule has 1 fully saturated rings. The molecule has 0 aromatic carbocycles. The van der Waals surface area contributed by atoms with Crippen molar-refractivity contribution >= 4 is 5.97 Å². The van der Waals surface area contributed by atoms with Crippen molar-refractivity contribution in [2.24, 2.45) is 0 Å². The Bertz CT molecular complexity index is 361. The maximum absolute atomic E-state index is 10.9. The lowest BCUT2D eigenvalue weighted by molar-refractivity contribution is 0.0682. The summed E-state index contributed by atoms with van der Waals surface area (Å²) in [5.74, 6) is -0.526. The largest absolute Gasteiger partial charge is 0.476 e. The smallest absolute Gasteiger partial charge is 0.358 e. The van der Waals surface area contributed by atoms with Crippen LogP contribution in [0.3, 0.4) is 0 Å². The Balaban J connectivity index is 2.27. The van der Waals surface area contributed by atoms with Gasteiger partial charge in [0, 0.05) is 0 Å². The first kappa shape index (κ1) is 10.2. The maximum Gasteiger partial charge on any atom is 0.358 e. The minimum absolute atomic E-state index is 0.0498. The molecule has 1 aliphatic rings. The molecule has 0 saturated carbocycles. The SMILES string of the molecule is CN1CCCC[C@H]1c1ocnc1C(=O)O. The first-order valence-electron chi connectivity index (χ1n) is 5.07. The number of aromatic nitrogens is 1. The second-order valence-electron chi connectivity index (χ2n) is 3.86. The molecule has 0 spiro atoms. The molecule has 2 rings (SSSR count). The molecular weight excluding hydrogens is 196 g/mol. The number of rotatable bonds is 2. The van der Waals surface area contributed by atoms with E-state index in [1.807, 2.05) is 7.05 Å². The number of aromatic carboxylic acids is 1. The van der Waals surface area contributed by atoms with Crippen molar-refractivity contribution in [3.63, 3.8) is 0 Å². The molecular formula is C10H14N2O3. The summed E-state index contributed by atoms with van der Waals surface area (Å²) in [6.07, 6.45) is 4.41. The van der Waals surface area contributed by atoms with E-state index >= 15 is 0 Å². The number of nitrogens with zero attached hydrogens (tertiary/aromatic N) is 2. The summed E-state index contributed by atoms with van der Waals surface area (Å²) in [6.45, 7) is 0.977. The highest BCUT2D eigenvalue weighted by Gasteiger charge is 2.28. The van der Waals surface area contributed by atoms with Crippen molar-refractivity contribution in [3.8, 4) is 0 Å². The molecule has 15 heavy (non-hydrogen) atoms. The highest BCUT2D eigenvalue weighted by atomic mass is 16.4. The van der Waals surface area contributed by atoms with Crippen LogP contribution in [-0.2, 0) is 0 Å². The molecule has 1 aliphatic heterocycles. The Morgan fingerprint density at radius 2 is 2.47 bits per heavy atom. The van der Waals surface area contributed by atoms with E-state index in [0.29, 0.717) is 5.76 Å². The summed E-state index contributed by atoms with van der Waals surface area (Å²) in [4.78, 5) is 16.7. The van der Waals surface area contributed by atoms with Crippen LogP contribution < -0.4 is 0 Å². The molecule has 0 aliphatic carbocycles. The van der Waals surface area contributed by atoms with Crippen LogP contribution in [0.2, 0.25) is 0 Å². The van der Waals surface area contributed by atoms with Gasteiger partial charge in [-0.2, -0.15) is 0 Å². The molecule has 1 N–H and O–H groups in total. The lowest BCUT2D eigenvalue weighted by atomic mass is 10.00. The monoisotopic (exact) mass is 210 g/mol. The van der Waals surface area contributed by atoms with Gasteiger partial charge in [-0.25, -0.2) is 9.78 Å². The molecule has 0 radical (unpaired) electrons. The van der Waals surface area contributed by atoms with Crippen molar-refractivity contribution in [2.75, 3.05) is 13.6 Å². The van der Waals surface area contributed by atoms with E-state index in [1.165, 1.54) is 6.39 Å². The van der Waals surface area contributed by atoms with Gasteiger partial charge in [0.25, 0.3) is 0 Å². The van der Waals surface area contributed by atoms with Crippen LogP contribution in [0.5, 0.6) is 0 Å². The minimum atomic E-state index is -1.02. The highest BCUT2D eigenvalue weighted by molar-refractivity contribution is 5.86. The van der Waals surface area contributed by atoms with Gasteiger partial charge in [-0.1, -0.05) is 6.42 Å². The third-order valence-electron chi connectivity index (χ3n) is 2.87. The number of likely N-dealkylation sites (tertiary alicyclic amines) is 1. The zero-order valence-corrected chi connectivity index (χ0v) is 8.64. The number of carboxylic acid groups (broad SMARTS) is 1. The predicted molar refractivity (Wildman–Crippen MR) is 52.7 cm³/mol. The molecule has 1 atom stereocenters. The Hall–Kier alpha value is -1.36. The second-order valence-corrected chi connectivity index (χ2v) is 3.86. The number of oxazole rings is 1. The van der Waals surface area contributed by atoms with Crippen molar-refractivity contribution in [1.82, 2.24) is 9.88 Å². The van der Waals surface area contributed by atoms with Gasteiger partial charge in [0.2, 0.25) is 0 Å². The van der Waals surface area contributed by atoms with Gasteiger partial charge >= 0.3 is 5.97 Å². The summed E-state index contributed by atoms with van der Waals surface area (Å²) in [7, 11) is 1.98. The Kier molecular flexibility index (Phi) is 2.73. The number of carboxylic acids is 1. The normalized spacial score (nSPS) is 22.9. The van der Waals surface area contributed by atoms with E-state index in [9.17, 15) is 4.79 Å². The zero-order chi connectivity index (χ0) is 10.8. The van der Waals surface area contributed by atoms with E-state index in [0.717, 1.165) is 25.8 Å². The van der Waals surface area contributed by atoms with E-state index in [2.05, 4.69) is 9.88 Å². The van der Waals surface area contributed by atoms with Gasteiger partial charge in [-0.05, 0) is 26.4 Å². The molecule has 0 unspecified atom stereocenters. The third kappa shape index (κ3) is 1.87. The molecule has 5 heteroatoms. The fraction of sp³-hybridized carbons (Fsp3) is 0.600. The summed E-state index contributed by atoms with van der Waals surface area (Å²) in [6, 6.07) is 0.0624. The van der Waals surface area contributed by atoms with Crippen LogP contribution in [0.4, 0.5) is 0 Å². The lowest BCUT2D eigenvalue weighted by Gasteiger charge is -2.30. The van der Waals surface area contributed by atoms with Gasteiger partial charge in [-0.3, -0.25) is 4.90 Å². The van der Waals surface area contributed by atoms with E-state index < -0.39 is 5.97 Å². The molecule has 2 heterocycles.